The average molecular weight is 501 g/mol. The highest BCUT2D eigenvalue weighted by Gasteiger charge is 2.20. The van der Waals surface area contributed by atoms with Gasteiger partial charge in [0.15, 0.2) is 16.6 Å². The molecule has 1 aliphatic rings. The van der Waals surface area contributed by atoms with Crippen LogP contribution in [0.3, 0.4) is 0 Å². The van der Waals surface area contributed by atoms with Crippen LogP contribution in [-0.2, 0) is 11.1 Å². The molecule has 4 heterocycles. The molecule has 37 heavy (non-hydrogen) atoms. The summed E-state index contributed by atoms with van der Waals surface area (Å²) in [5, 5.41) is 1.85. The molecule has 0 fully saturated rings. The van der Waals surface area contributed by atoms with E-state index in [1.807, 2.05) is 36.4 Å². The van der Waals surface area contributed by atoms with Crippen molar-refractivity contribution in [1.82, 2.24) is 19.4 Å². The Morgan fingerprint density at radius 3 is 2.57 bits per heavy atom. The molecule has 0 saturated heterocycles. The molecule has 0 spiro atoms. The van der Waals surface area contributed by atoms with Gasteiger partial charge in [0, 0.05) is 46.9 Å². The molecule has 4 aromatic heterocycles. The number of fused-ring (bicyclic) bond motifs is 5. The van der Waals surface area contributed by atoms with E-state index < -0.39 is 11.1 Å². The third kappa shape index (κ3) is 3.22. The molecular formula is C29H16N4O3S. The Bertz CT molecular complexity index is 2130. The maximum absolute atomic E-state index is 13.4. The van der Waals surface area contributed by atoms with Crippen LogP contribution in [0.1, 0.15) is 17.5 Å². The molecule has 1 atom stereocenters. The number of pyridine rings is 2. The molecule has 1 unspecified atom stereocenters. The molecule has 0 radical (unpaired) electrons. The van der Waals surface area contributed by atoms with Crippen LogP contribution in [0.25, 0.3) is 49.5 Å². The number of benzene rings is 2. The molecule has 2 aromatic carbocycles. The number of nitrogens with zero attached hydrogens (tertiary/aromatic N) is 4. The monoisotopic (exact) mass is 500 g/mol. The van der Waals surface area contributed by atoms with Crippen molar-refractivity contribution in [3.63, 3.8) is 0 Å². The standard InChI is InChI=1S/C29H16N4O3S/c34-29-27-25(31-14-15-32-27)26-28-21(12-13-30-26)22-16-19(10-11-23(22)33(28)29)17-4-3-5-18(9-8-17)20-6-1-2-7-24(20)37(35)36/h1-2,6-16H,4H2,(H,35,36). The van der Waals surface area contributed by atoms with Crippen LogP contribution in [0.5, 0.6) is 0 Å². The van der Waals surface area contributed by atoms with E-state index in [0.717, 1.165) is 32.9 Å². The summed E-state index contributed by atoms with van der Waals surface area (Å²) in [5.41, 5.74) is 6.06. The highest BCUT2D eigenvalue weighted by atomic mass is 32.2. The fraction of sp³-hybridized carbons (Fsp3) is 0.0345. The van der Waals surface area contributed by atoms with Crippen molar-refractivity contribution in [3.8, 4) is 11.8 Å². The molecule has 0 aliphatic heterocycles. The van der Waals surface area contributed by atoms with E-state index in [1.165, 1.54) is 6.20 Å². The van der Waals surface area contributed by atoms with Gasteiger partial charge in [0.05, 0.1) is 15.9 Å². The van der Waals surface area contributed by atoms with Gasteiger partial charge < -0.3 is 4.55 Å². The zero-order valence-electron chi connectivity index (χ0n) is 19.2. The van der Waals surface area contributed by atoms with Crippen molar-refractivity contribution in [2.24, 2.45) is 0 Å². The maximum atomic E-state index is 13.4. The molecule has 7 nitrogen and oxygen atoms in total. The van der Waals surface area contributed by atoms with Crippen molar-refractivity contribution in [2.75, 3.05) is 0 Å². The first-order valence-corrected chi connectivity index (χ1v) is 12.6. The van der Waals surface area contributed by atoms with Crippen LogP contribution >= 0.6 is 0 Å². The number of allylic oxidation sites excluding steroid dienone is 4. The van der Waals surface area contributed by atoms with Gasteiger partial charge in [0.2, 0.25) is 0 Å². The average Bonchev–Trinajstić information content (AvgIpc) is 3.08. The molecule has 0 bridgehead atoms. The third-order valence-corrected chi connectivity index (χ3v) is 7.43. The van der Waals surface area contributed by atoms with Gasteiger partial charge in [0.25, 0.3) is 5.56 Å². The Morgan fingerprint density at radius 2 is 1.70 bits per heavy atom. The number of aromatic nitrogens is 4. The second-order valence-electron chi connectivity index (χ2n) is 8.68. The first-order chi connectivity index (χ1) is 18.1. The summed E-state index contributed by atoms with van der Waals surface area (Å²) < 4.78 is 23.2. The van der Waals surface area contributed by atoms with Crippen molar-refractivity contribution in [3.05, 3.63) is 101 Å². The van der Waals surface area contributed by atoms with Gasteiger partial charge in [-0.15, -0.1) is 0 Å². The normalized spacial score (nSPS) is 14.4. The highest BCUT2D eigenvalue weighted by molar-refractivity contribution is 7.79. The lowest BCUT2D eigenvalue weighted by Gasteiger charge is -2.05. The fourth-order valence-corrected chi connectivity index (χ4v) is 5.60. The molecule has 1 aliphatic carbocycles. The van der Waals surface area contributed by atoms with Gasteiger partial charge in [-0.3, -0.25) is 19.2 Å². The van der Waals surface area contributed by atoms with E-state index in [2.05, 4.69) is 32.9 Å². The van der Waals surface area contributed by atoms with E-state index in [0.29, 0.717) is 39.0 Å². The lowest BCUT2D eigenvalue weighted by molar-refractivity contribution is 0.564. The van der Waals surface area contributed by atoms with Crippen LogP contribution < -0.4 is 5.56 Å². The smallest absolute Gasteiger partial charge is 0.283 e. The van der Waals surface area contributed by atoms with Crippen molar-refractivity contribution >= 4 is 60.6 Å². The predicted octanol–water partition coefficient (Wildman–Crippen LogP) is 4.84. The largest absolute Gasteiger partial charge is 0.302 e. The number of hydrogen-bond acceptors (Lipinski definition) is 5. The van der Waals surface area contributed by atoms with Gasteiger partial charge in [-0.25, -0.2) is 9.19 Å². The van der Waals surface area contributed by atoms with Gasteiger partial charge in [-0.2, -0.15) is 0 Å². The van der Waals surface area contributed by atoms with Crippen molar-refractivity contribution in [2.45, 2.75) is 11.3 Å². The van der Waals surface area contributed by atoms with E-state index in [1.54, 1.807) is 35.0 Å². The second kappa shape index (κ2) is 8.17. The summed E-state index contributed by atoms with van der Waals surface area (Å²) >= 11 is -2.11. The summed E-state index contributed by atoms with van der Waals surface area (Å²) in [6.07, 6.45) is 9.21. The SMILES string of the molecule is O=c1c2nccnc2c2nccc3c4cc(C5=CC=C(c6ccccc6S(=O)O)C#CC5)ccc4n1c32. The molecule has 0 saturated carbocycles. The fourth-order valence-electron chi connectivity index (χ4n) is 5.04. The van der Waals surface area contributed by atoms with Gasteiger partial charge in [-0.05, 0) is 41.5 Å². The zero-order valence-corrected chi connectivity index (χ0v) is 20.0. The van der Waals surface area contributed by atoms with E-state index in [4.69, 9.17) is 0 Å². The molecule has 0 amide bonds. The summed E-state index contributed by atoms with van der Waals surface area (Å²) in [6.45, 7) is 0. The van der Waals surface area contributed by atoms with Gasteiger partial charge in [0.1, 0.15) is 11.0 Å². The van der Waals surface area contributed by atoms with Crippen LogP contribution in [-0.4, -0.2) is 28.1 Å². The Kier molecular flexibility index (Phi) is 4.76. The van der Waals surface area contributed by atoms with Gasteiger partial charge >= 0.3 is 0 Å². The first kappa shape index (κ1) is 21.6. The van der Waals surface area contributed by atoms with E-state index >= 15 is 0 Å². The minimum atomic E-state index is -2.11. The molecule has 8 heteroatoms. The Balaban J connectivity index is 1.43. The highest BCUT2D eigenvalue weighted by Crippen LogP contribution is 2.34. The summed E-state index contributed by atoms with van der Waals surface area (Å²) in [7, 11) is 0. The predicted molar refractivity (Wildman–Crippen MR) is 145 cm³/mol. The number of rotatable bonds is 3. The molecule has 7 rings (SSSR count). The minimum Gasteiger partial charge on any atom is -0.302 e. The summed E-state index contributed by atoms with van der Waals surface area (Å²) in [6, 6.07) is 14.9. The summed E-state index contributed by atoms with van der Waals surface area (Å²) in [5.74, 6) is 6.34. The second-order valence-corrected chi connectivity index (χ2v) is 9.62. The molecule has 176 valence electrons. The van der Waals surface area contributed by atoms with Gasteiger partial charge in [-0.1, -0.05) is 42.2 Å². The molecular weight excluding hydrogens is 484 g/mol. The Hall–Kier alpha value is -4.71. The Morgan fingerprint density at radius 1 is 0.892 bits per heavy atom. The maximum Gasteiger partial charge on any atom is 0.283 e. The number of hydrogen-bond donors (Lipinski definition) is 1. The zero-order chi connectivity index (χ0) is 25.1. The molecule has 6 aromatic rings. The topological polar surface area (TPSA) is 97.5 Å². The van der Waals surface area contributed by atoms with E-state index in [9.17, 15) is 13.6 Å². The van der Waals surface area contributed by atoms with Crippen LogP contribution in [0, 0.1) is 11.8 Å². The summed E-state index contributed by atoms with van der Waals surface area (Å²) in [4.78, 5) is 26.9. The quantitative estimate of drug-likeness (QED) is 0.212. The minimum absolute atomic E-state index is 0.219. The third-order valence-electron chi connectivity index (χ3n) is 6.69. The Labute approximate surface area is 212 Å². The van der Waals surface area contributed by atoms with E-state index in [-0.39, 0.29) is 5.56 Å². The molecule has 1 N–H and O–H groups in total. The van der Waals surface area contributed by atoms with Crippen LogP contribution in [0.15, 0.2) is 89.0 Å². The van der Waals surface area contributed by atoms with Crippen LogP contribution in [0.4, 0.5) is 0 Å². The first-order valence-electron chi connectivity index (χ1n) is 11.5. The van der Waals surface area contributed by atoms with Crippen LogP contribution in [0.2, 0.25) is 0 Å². The lowest BCUT2D eigenvalue weighted by atomic mass is 10.0. The lowest BCUT2D eigenvalue weighted by Crippen LogP contribution is -2.15. The van der Waals surface area contributed by atoms with Crippen molar-refractivity contribution < 1.29 is 8.76 Å². The van der Waals surface area contributed by atoms with Crippen molar-refractivity contribution in [1.29, 1.82) is 0 Å².